The maximum absolute atomic E-state index is 11.4. The predicted molar refractivity (Wildman–Crippen MR) is 66.0 cm³/mol. The summed E-state index contributed by atoms with van der Waals surface area (Å²) < 4.78 is 0. The van der Waals surface area contributed by atoms with Gasteiger partial charge in [-0.25, -0.2) is 0 Å². The third-order valence-corrected chi connectivity index (χ3v) is 1.98. The zero-order valence-corrected chi connectivity index (χ0v) is 10.0. The number of nitroso groups, excluding NO2 is 2. The Hall–Kier alpha value is -2.38. The van der Waals surface area contributed by atoms with Crippen molar-refractivity contribution in [2.45, 2.75) is 12.8 Å². The number of ketones is 1. The molecule has 0 aliphatic rings. The molecule has 0 saturated heterocycles. The summed E-state index contributed by atoms with van der Waals surface area (Å²) in [6.45, 7) is 0.364. The molecule has 0 aliphatic heterocycles. The lowest BCUT2D eigenvalue weighted by Crippen LogP contribution is -2.16. The van der Waals surface area contributed by atoms with Gasteiger partial charge in [0.15, 0.2) is 0 Å². The van der Waals surface area contributed by atoms with E-state index in [0.717, 1.165) is 5.56 Å². The Morgan fingerprint density at radius 1 is 1.50 bits per heavy atom. The first-order valence-corrected chi connectivity index (χ1v) is 5.11. The van der Waals surface area contributed by atoms with Gasteiger partial charge >= 0.3 is 0 Å². The van der Waals surface area contributed by atoms with Crippen molar-refractivity contribution in [3.63, 3.8) is 0 Å². The zero-order valence-electron chi connectivity index (χ0n) is 10.0. The molecule has 0 aromatic carbocycles. The fourth-order valence-electron chi connectivity index (χ4n) is 1.15. The third kappa shape index (κ3) is 7.85. The second-order valence-corrected chi connectivity index (χ2v) is 3.40. The van der Waals surface area contributed by atoms with E-state index in [1.54, 1.807) is 30.8 Å². The molecule has 8 nitrogen and oxygen atoms in total. The highest BCUT2D eigenvalue weighted by molar-refractivity contribution is 5.80. The number of carbonyl (C=O) groups excluding carboxylic acids is 1. The van der Waals surface area contributed by atoms with Gasteiger partial charge < -0.3 is 0 Å². The summed E-state index contributed by atoms with van der Waals surface area (Å²) >= 11 is 0. The van der Waals surface area contributed by atoms with Crippen molar-refractivity contribution < 1.29 is 4.79 Å². The van der Waals surface area contributed by atoms with Gasteiger partial charge in [-0.05, 0) is 11.6 Å². The minimum absolute atomic E-state index is 0.0819. The number of aromatic nitrogens is 1. The summed E-state index contributed by atoms with van der Waals surface area (Å²) in [5.74, 6) is 4.00. The van der Waals surface area contributed by atoms with E-state index in [2.05, 4.69) is 16.1 Å². The van der Waals surface area contributed by atoms with Crippen LogP contribution in [0.2, 0.25) is 0 Å². The molecule has 98 valence electrons. The molecule has 1 aromatic heterocycles. The molecule has 0 radical (unpaired) electrons. The maximum Gasteiger partial charge on any atom is 0.139 e. The number of nitrogens with two attached hydrogens (primary N) is 1. The number of pyridine rings is 1. The molecule has 0 aliphatic carbocycles. The molecule has 0 unspecified atom stereocenters. The van der Waals surface area contributed by atoms with Crippen molar-refractivity contribution in [2.75, 3.05) is 13.6 Å². The molecule has 1 aromatic rings. The van der Waals surface area contributed by atoms with E-state index in [9.17, 15) is 9.70 Å². The Morgan fingerprint density at radius 2 is 2.17 bits per heavy atom. The molecule has 0 spiro atoms. The van der Waals surface area contributed by atoms with Crippen LogP contribution in [0.1, 0.15) is 12.0 Å². The lowest BCUT2D eigenvalue weighted by atomic mass is 10.1. The van der Waals surface area contributed by atoms with Gasteiger partial charge in [-0.15, -0.1) is 9.81 Å². The summed E-state index contributed by atoms with van der Waals surface area (Å²) in [6, 6.07) is 3.65. The highest BCUT2D eigenvalue weighted by atomic mass is 16.3. The standard InChI is InChI=1S/C10H13N3O2.H2N2O/c1-13(12-15)6-4-10(14)7-9-3-2-5-11-8-9;1-2-3/h2-3,5,8H,4,6-7H2,1H3;(H2,1,3). The van der Waals surface area contributed by atoms with Crippen molar-refractivity contribution >= 4 is 5.78 Å². The fraction of sp³-hybridized carbons (Fsp3) is 0.400. The molecule has 8 heteroatoms. The van der Waals surface area contributed by atoms with Crippen LogP contribution in [-0.4, -0.2) is 29.4 Å². The van der Waals surface area contributed by atoms with Crippen molar-refractivity contribution in [3.05, 3.63) is 39.9 Å². The first-order chi connectivity index (χ1) is 8.63. The van der Waals surface area contributed by atoms with Gasteiger partial charge in [0, 0.05) is 44.1 Å². The van der Waals surface area contributed by atoms with Crippen LogP contribution in [0.25, 0.3) is 0 Å². The van der Waals surface area contributed by atoms with Crippen molar-refractivity contribution in [3.8, 4) is 0 Å². The molecule has 0 atom stereocenters. The van der Waals surface area contributed by atoms with Crippen LogP contribution >= 0.6 is 0 Å². The van der Waals surface area contributed by atoms with E-state index < -0.39 is 0 Å². The monoisotopic (exact) mass is 253 g/mol. The molecule has 0 fully saturated rings. The van der Waals surface area contributed by atoms with E-state index in [0.29, 0.717) is 19.4 Å². The van der Waals surface area contributed by atoms with Gasteiger partial charge in [0.1, 0.15) is 5.78 Å². The van der Waals surface area contributed by atoms with Gasteiger partial charge in [0.05, 0.1) is 5.29 Å². The molecular weight excluding hydrogens is 238 g/mol. The molecule has 0 bridgehead atoms. The molecular formula is C10H15N5O3. The van der Waals surface area contributed by atoms with Crippen molar-refractivity contribution in [2.24, 2.45) is 16.4 Å². The lowest BCUT2D eigenvalue weighted by Gasteiger charge is -2.06. The van der Waals surface area contributed by atoms with Crippen molar-refractivity contribution in [1.29, 1.82) is 0 Å². The summed E-state index contributed by atoms with van der Waals surface area (Å²) in [6.07, 6.45) is 4.02. The van der Waals surface area contributed by atoms with E-state index in [1.807, 2.05) is 6.07 Å². The Morgan fingerprint density at radius 3 is 2.67 bits per heavy atom. The number of rotatable bonds is 6. The number of hydrogen-bond donors (Lipinski definition) is 1. The van der Waals surface area contributed by atoms with E-state index in [1.165, 1.54) is 5.01 Å². The number of Topliss-reactive ketones (excluding diaryl/α,β-unsaturated/α-hetero) is 1. The number of hydrogen-bond acceptors (Lipinski definition) is 6. The molecule has 0 amide bonds. The highest BCUT2D eigenvalue weighted by Gasteiger charge is 2.05. The first kappa shape index (κ1) is 15.6. The fourth-order valence-corrected chi connectivity index (χ4v) is 1.15. The van der Waals surface area contributed by atoms with Crippen LogP contribution in [0, 0.1) is 9.81 Å². The van der Waals surface area contributed by atoms with Gasteiger partial charge in [-0.3, -0.25) is 20.6 Å². The molecule has 0 saturated carbocycles. The average Bonchev–Trinajstić information content (AvgIpc) is 2.38. The maximum atomic E-state index is 11.4. The van der Waals surface area contributed by atoms with Crippen molar-refractivity contribution in [1.82, 2.24) is 9.99 Å². The molecule has 1 heterocycles. The summed E-state index contributed by atoms with van der Waals surface area (Å²) in [5, 5.41) is 5.65. The number of carbonyl (C=O) groups is 1. The topological polar surface area (TPSA) is 118 Å². The average molecular weight is 253 g/mol. The Bertz CT molecular complexity index is 371. The van der Waals surface area contributed by atoms with E-state index in [4.69, 9.17) is 4.91 Å². The van der Waals surface area contributed by atoms with Crippen LogP contribution in [0.3, 0.4) is 0 Å². The highest BCUT2D eigenvalue weighted by Crippen LogP contribution is 2.00. The Labute approximate surface area is 104 Å². The molecule has 2 N–H and O–H groups in total. The van der Waals surface area contributed by atoms with Crippen LogP contribution in [0.4, 0.5) is 0 Å². The lowest BCUT2D eigenvalue weighted by molar-refractivity contribution is -0.118. The Kier molecular flexibility index (Phi) is 8.52. The second-order valence-electron chi connectivity index (χ2n) is 3.40. The normalized spacial score (nSPS) is 8.72. The Balaban J connectivity index is 0.000000873. The largest absolute Gasteiger partial charge is 0.299 e. The molecule has 1 rings (SSSR count). The SMILES string of the molecule is CN(CCC(=O)Cc1cccnc1)N=O.NN=O. The number of nitrogens with zero attached hydrogens (tertiary/aromatic N) is 4. The van der Waals surface area contributed by atoms with Gasteiger partial charge in [-0.2, -0.15) is 0 Å². The van der Waals surface area contributed by atoms with E-state index in [-0.39, 0.29) is 5.78 Å². The van der Waals surface area contributed by atoms with Crippen LogP contribution in [-0.2, 0) is 11.2 Å². The van der Waals surface area contributed by atoms with Crippen LogP contribution in [0.5, 0.6) is 0 Å². The minimum Gasteiger partial charge on any atom is -0.299 e. The third-order valence-electron chi connectivity index (χ3n) is 1.98. The van der Waals surface area contributed by atoms with Gasteiger partial charge in [0.25, 0.3) is 0 Å². The summed E-state index contributed by atoms with van der Waals surface area (Å²) in [7, 11) is 1.55. The quantitative estimate of drug-likeness (QED) is 0.455. The first-order valence-electron chi connectivity index (χ1n) is 5.11. The smallest absolute Gasteiger partial charge is 0.139 e. The summed E-state index contributed by atoms with van der Waals surface area (Å²) in [5.41, 5.74) is 0.893. The summed E-state index contributed by atoms with van der Waals surface area (Å²) in [4.78, 5) is 33.7. The van der Waals surface area contributed by atoms with Gasteiger partial charge in [0.2, 0.25) is 0 Å². The minimum atomic E-state index is 0.0819. The zero-order chi connectivity index (χ0) is 13.8. The van der Waals surface area contributed by atoms with Crippen LogP contribution in [0.15, 0.2) is 35.1 Å². The second kappa shape index (κ2) is 9.82. The molecule has 18 heavy (non-hydrogen) atoms. The van der Waals surface area contributed by atoms with E-state index >= 15 is 0 Å². The van der Waals surface area contributed by atoms with Gasteiger partial charge in [-0.1, -0.05) is 6.07 Å². The predicted octanol–water partition coefficient (Wildman–Crippen LogP) is 0.823. The van der Waals surface area contributed by atoms with Crippen LogP contribution < -0.4 is 5.84 Å².